The highest BCUT2D eigenvalue weighted by molar-refractivity contribution is 7.10. The first-order chi connectivity index (χ1) is 4.36. The Morgan fingerprint density at radius 3 is 2.78 bits per heavy atom. The second-order valence-electron chi connectivity index (χ2n) is 2.76. The summed E-state index contributed by atoms with van der Waals surface area (Å²) in [7, 11) is 0. The Hall–Kier alpha value is -0.300. The first-order valence-electron chi connectivity index (χ1n) is 3.41. The monoisotopic (exact) mass is 138 g/mol. The van der Waals surface area contributed by atoms with Gasteiger partial charge in [0.1, 0.15) is 0 Å². The topological polar surface area (TPSA) is 0 Å². The third-order valence-corrected chi connectivity index (χ3v) is 2.68. The standard InChI is InChI=1S/C8H10S/c1-6-4-8(5-9-6)7-2-3-7/h4-5,7H,2-3H2,1H3. The van der Waals surface area contributed by atoms with Crippen LogP contribution in [0.15, 0.2) is 11.4 Å². The van der Waals surface area contributed by atoms with E-state index in [0.717, 1.165) is 5.92 Å². The van der Waals surface area contributed by atoms with E-state index >= 15 is 0 Å². The summed E-state index contributed by atoms with van der Waals surface area (Å²) in [4.78, 5) is 1.46. The minimum atomic E-state index is 0.940. The lowest BCUT2D eigenvalue weighted by Crippen LogP contribution is -1.67. The van der Waals surface area contributed by atoms with Gasteiger partial charge >= 0.3 is 0 Å². The molecule has 0 atom stereocenters. The average molecular weight is 138 g/mol. The molecule has 48 valence electrons. The van der Waals surface area contributed by atoms with E-state index in [9.17, 15) is 0 Å². The molecule has 0 saturated heterocycles. The molecule has 0 nitrogen and oxygen atoms in total. The van der Waals surface area contributed by atoms with Gasteiger partial charge in [-0.25, -0.2) is 0 Å². The maximum atomic E-state index is 2.32. The highest BCUT2D eigenvalue weighted by Gasteiger charge is 2.23. The molecule has 1 heteroatoms. The van der Waals surface area contributed by atoms with Crippen LogP contribution in [-0.4, -0.2) is 0 Å². The van der Waals surface area contributed by atoms with Gasteiger partial charge in [0.2, 0.25) is 0 Å². The highest BCUT2D eigenvalue weighted by Crippen LogP contribution is 2.41. The van der Waals surface area contributed by atoms with Gasteiger partial charge in [-0.1, -0.05) is 0 Å². The molecule has 2 rings (SSSR count). The van der Waals surface area contributed by atoms with E-state index in [1.165, 1.54) is 17.7 Å². The summed E-state index contributed by atoms with van der Waals surface area (Å²) in [6.07, 6.45) is 2.85. The van der Waals surface area contributed by atoms with Gasteiger partial charge in [0, 0.05) is 4.88 Å². The number of rotatable bonds is 1. The fourth-order valence-corrected chi connectivity index (χ4v) is 1.88. The maximum Gasteiger partial charge on any atom is 0.00171 e. The zero-order chi connectivity index (χ0) is 6.27. The van der Waals surface area contributed by atoms with Crippen LogP contribution in [0.5, 0.6) is 0 Å². The summed E-state index contributed by atoms with van der Waals surface area (Å²) in [5.74, 6) is 0.940. The summed E-state index contributed by atoms with van der Waals surface area (Å²) in [5, 5.41) is 2.30. The van der Waals surface area contributed by atoms with E-state index in [0.29, 0.717) is 0 Å². The van der Waals surface area contributed by atoms with E-state index in [1.807, 2.05) is 11.3 Å². The fraction of sp³-hybridized carbons (Fsp3) is 0.500. The molecule has 0 N–H and O–H groups in total. The third-order valence-electron chi connectivity index (χ3n) is 1.80. The molecule has 0 spiro atoms. The van der Waals surface area contributed by atoms with Gasteiger partial charge in [-0.3, -0.25) is 0 Å². The predicted octanol–water partition coefficient (Wildman–Crippen LogP) is 2.93. The lowest BCUT2D eigenvalue weighted by Gasteiger charge is -1.83. The van der Waals surface area contributed by atoms with Crippen molar-refractivity contribution in [2.75, 3.05) is 0 Å². The van der Waals surface area contributed by atoms with Crippen molar-refractivity contribution in [2.45, 2.75) is 25.7 Å². The van der Waals surface area contributed by atoms with Gasteiger partial charge in [0.15, 0.2) is 0 Å². The number of thiophene rings is 1. The van der Waals surface area contributed by atoms with Crippen LogP contribution in [0.3, 0.4) is 0 Å². The Morgan fingerprint density at radius 1 is 1.56 bits per heavy atom. The van der Waals surface area contributed by atoms with Gasteiger partial charge in [-0.2, -0.15) is 0 Å². The van der Waals surface area contributed by atoms with Crippen LogP contribution in [0.1, 0.15) is 29.2 Å². The van der Waals surface area contributed by atoms with Gasteiger partial charge in [0.05, 0.1) is 0 Å². The quantitative estimate of drug-likeness (QED) is 0.559. The normalized spacial score (nSPS) is 18.3. The van der Waals surface area contributed by atoms with Gasteiger partial charge in [0.25, 0.3) is 0 Å². The van der Waals surface area contributed by atoms with Gasteiger partial charge in [-0.05, 0) is 42.7 Å². The van der Waals surface area contributed by atoms with E-state index in [2.05, 4.69) is 18.4 Å². The first-order valence-corrected chi connectivity index (χ1v) is 4.29. The van der Waals surface area contributed by atoms with Crippen LogP contribution in [0.2, 0.25) is 0 Å². The van der Waals surface area contributed by atoms with Crippen molar-refractivity contribution in [3.63, 3.8) is 0 Å². The molecule has 0 amide bonds. The Kier molecular flexibility index (Phi) is 1.12. The zero-order valence-electron chi connectivity index (χ0n) is 5.55. The molecule has 1 saturated carbocycles. The summed E-state index contributed by atoms with van der Waals surface area (Å²) in [6, 6.07) is 2.32. The Morgan fingerprint density at radius 2 is 2.33 bits per heavy atom. The highest BCUT2D eigenvalue weighted by atomic mass is 32.1. The average Bonchev–Trinajstić information content (AvgIpc) is 2.58. The van der Waals surface area contributed by atoms with E-state index < -0.39 is 0 Å². The van der Waals surface area contributed by atoms with Crippen LogP contribution in [0, 0.1) is 6.92 Å². The summed E-state index contributed by atoms with van der Waals surface area (Å²) >= 11 is 1.87. The minimum absolute atomic E-state index is 0.940. The molecule has 0 aliphatic heterocycles. The lowest BCUT2D eigenvalue weighted by molar-refractivity contribution is 1.14. The predicted molar refractivity (Wildman–Crippen MR) is 41.0 cm³/mol. The first kappa shape index (κ1) is 5.48. The van der Waals surface area contributed by atoms with Crippen molar-refractivity contribution in [3.8, 4) is 0 Å². The van der Waals surface area contributed by atoms with Crippen molar-refractivity contribution in [2.24, 2.45) is 0 Å². The number of aryl methyl sites for hydroxylation is 1. The smallest absolute Gasteiger partial charge is 0.00171 e. The van der Waals surface area contributed by atoms with Crippen molar-refractivity contribution >= 4 is 11.3 Å². The molecular weight excluding hydrogens is 128 g/mol. The molecule has 0 unspecified atom stereocenters. The molecular formula is C8H10S. The molecule has 0 aromatic carbocycles. The Bertz CT molecular complexity index is 208. The largest absolute Gasteiger partial charge is 0.149 e. The number of hydrogen-bond donors (Lipinski definition) is 0. The molecule has 0 bridgehead atoms. The van der Waals surface area contributed by atoms with Crippen LogP contribution < -0.4 is 0 Å². The molecule has 1 aliphatic carbocycles. The molecule has 9 heavy (non-hydrogen) atoms. The third kappa shape index (κ3) is 1.01. The lowest BCUT2D eigenvalue weighted by atomic mass is 10.2. The molecule has 1 aromatic rings. The van der Waals surface area contributed by atoms with Crippen molar-refractivity contribution in [1.82, 2.24) is 0 Å². The van der Waals surface area contributed by atoms with Crippen LogP contribution >= 0.6 is 11.3 Å². The van der Waals surface area contributed by atoms with Crippen LogP contribution in [0.4, 0.5) is 0 Å². The molecule has 1 aliphatic rings. The molecule has 0 radical (unpaired) electrons. The van der Waals surface area contributed by atoms with Crippen molar-refractivity contribution in [3.05, 3.63) is 21.9 Å². The molecule has 1 aromatic heterocycles. The van der Waals surface area contributed by atoms with Crippen LogP contribution in [-0.2, 0) is 0 Å². The van der Waals surface area contributed by atoms with E-state index in [1.54, 1.807) is 5.56 Å². The van der Waals surface area contributed by atoms with Gasteiger partial charge < -0.3 is 0 Å². The Labute approximate surface area is 59.5 Å². The molecule has 1 fully saturated rings. The summed E-state index contributed by atoms with van der Waals surface area (Å²) < 4.78 is 0. The zero-order valence-corrected chi connectivity index (χ0v) is 6.37. The second kappa shape index (κ2) is 1.84. The molecule has 1 heterocycles. The van der Waals surface area contributed by atoms with Crippen molar-refractivity contribution in [1.29, 1.82) is 0 Å². The minimum Gasteiger partial charge on any atom is -0.149 e. The van der Waals surface area contributed by atoms with E-state index in [-0.39, 0.29) is 0 Å². The second-order valence-corrected chi connectivity index (χ2v) is 3.88. The SMILES string of the molecule is Cc1cc(C2CC2)cs1. The summed E-state index contributed by atoms with van der Waals surface area (Å²) in [5.41, 5.74) is 1.58. The Balaban J connectivity index is 2.28. The van der Waals surface area contributed by atoms with E-state index in [4.69, 9.17) is 0 Å². The maximum absolute atomic E-state index is 2.32. The van der Waals surface area contributed by atoms with Gasteiger partial charge in [-0.15, -0.1) is 11.3 Å². The number of hydrogen-bond acceptors (Lipinski definition) is 1. The van der Waals surface area contributed by atoms with Crippen LogP contribution in [0.25, 0.3) is 0 Å². The van der Waals surface area contributed by atoms with Crippen molar-refractivity contribution < 1.29 is 0 Å². The summed E-state index contributed by atoms with van der Waals surface area (Å²) in [6.45, 7) is 2.18. The fourth-order valence-electron chi connectivity index (χ4n) is 1.09.